The highest BCUT2D eigenvalue weighted by Gasteiger charge is 2.27. The van der Waals surface area contributed by atoms with Crippen molar-refractivity contribution in [3.63, 3.8) is 0 Å². The number of likely N-dealkylation sites (N-methyl/N-ethyl adjacent to an activating group) is 1. The van der Waals surface area contributed by atoms with E-state index < -0.39 is 21.1 Å². The number of hydrogen-bond donors (Lipinski definition) is 2. The van der Waals surface area contributed by atoms with Crippen LogP contribution in [-0.2, 0) is 10.0 Å². The van der Waals surface area contributed by atoms with Crippen molar-refractivity contribution < 1.29 is 18.4 Å². The fraction of sp³-hybridized carbons (Fsp3) is 0.600. The van der Waals surface area contributed by atoms with E-state index in [1.54, 1.807) is 4.90 Å². The maximum Gasteiger partial charge on any atom is 0.293 e. The van der Waals surface area contributed by atoms with Gasteiger partial charge in [-0.2, -0.15) is 0 Å². The van der Waals surface area contributed by atoms with Crippen LogP contribution in [-0.4, -0.2) is 69.7 Å². The fourth-order valence-corrected chi connectivity index (χ4v) is 3.79. The molecule has 0 spiro atoms. The van der Waals surface area contributed by atoms with Gasteiger partial charge in [-0.25, -0.2) is 13.1 Å². The van der Waals surface area contributed by atoms with Crippen molar-refractivity contribution in [3.05, 3.63) is 28.3 Å². The number of hydrogen-bond acceptors (Lipinski definition) is 7. The molecule has 0 aromatic heterocycles. The maximum atomic E-state index is 12.3. The second-order valence-corrected chi connectivity index (χ2v) is 8.12. The molecule has 1 aliphatic rings. The van der Waals surface area contributed by atoms with Gasteiger partial charge in [0.1, 0.15) is 5.69 Å². The molecule has 1 aromatic rings. The summed E-state index contributed by atoms with van der Waals surface area (Å²) in [4.78, 5) is 14.2. The third-order valence-electron chi connectivity index (χ3n) is 4.04. The predicted molar refractivity (Wildman–Crippen MR) is 94.3 cm³/mol. The lowest BCUT2D eigenvalue weighted by atomic mass is 10.1. The van der Waals surface area contributed by atoms with E-state index in [-0.39, 0.29) is 17.1 Å². The van der Waals surface area contributed by atoms with E-state index in [0.29, 0.717) is 31.7 Å². The van der Waals surface area contributed by atoms with Gasteiger partial charge in [0.25, 0.3) is 5.69 Å². The molecule has 1 unspecified atom stereocenters. The average molecular weight is 372 g/mol. The largest absolute Gasteiger partial charge is 0.391 e. The highest BCUT2D eigenvalue weighted by atomic mass is 32.2. The second-order valence-electron chi connectivity index (χ2n) is 6.35. The van der Waals surface area contributed by atoms with Crippen molar-refractivity contribution in [2.75, 3.05) is 45.2 Å². The van der Waals surface area contributed by atoms with E-state index in [9.17, 15) is 23.6 Å². The molecule has 1 atom stereocenters. The Balaban J connectivity index is 2.27. The van der Waals surface area contributed by atoms with Crippen molar-refractivity contribution in [2.24, 2.45) is 0 Å². The second kappa shape index (κ2) is 8.09. The molecule has 25 heavy (non-hydrogen) atoms. The number of nitro groups is 1. The van der Waals surface area contributed by atoms with Crippen LogP contribution in [0.15, 0.2) is 23.1 Å². The van der Waals surface area contributed by atoms with Gasteiger partial charge >= 0.3 is 0 Å². The Kier molecular flexibility index (Phi) is 6.33. The van der Waals surface area contributed by atoms with Crippen LogP contribution < -0.4 is 9.62 Å². The van der Waals surface area contributed by atoms with Crippen molar-refractivity contribution in [3.8, 4) is 0 Å². The third kappa shape index (κ3) is 5.11. The molecular formula is C15H24N4O5S. The predicted octanol–water partition coefficient (Wildman–Crippen LogP) is 0.396. The zero-order chi connectivity index (χ0) is 18.6. The number of nitrogens with zero attached hydrogens (tertiary/aromatic N) is 3. The SMILES string of the molecule is CN(C)CCNS(=O)(=O)c1ccc(N2CCCC(O)C2)c([N+](=O)[O-])c1. The number of aliphatic hydroxyl groups is 1. The Hall–Kier alpha value is -1.75. The zero-order valence-electron chi connectivity index (χ0n) is 14.4. The van der Waals surface area contributed by atoms with E-state index in [4.69, 9.17) is 0 Å². The summed E-state index contributed by atoms with van der Waals surface area (Å²) in [6.07, 6.45) is 0.848. The van der Waals surface area contributed by atoms with Crippen LogP contribution in [0, 0.1) is 10.1 Å². The molecular weight excluding hydrogens is 348 g/mol. The Bertz CT molecular complexity index is 723. The Morgan fingerprint density at radius 3 is 2.76 bits per heavy atom. The van der Waals surface area contributed by atoms with Crippen LogP contribution in [0.4, 0.5) is 11.4 Å². The Morgan fingerprint density at radius 2 is 2.16 bits per heavy atom. The first kappa shape index (κ1) is 19.6. The fourth-order valence-electron chi connectivity index (χ4n) is 2.74. The molecule has 2 rings (SSSR count). The third-order valence-corrected chi connectivity index (χ3v) is 5.50. The summed E-state index contributed by atoms with van der Waals surface area (Å²) in [7, 11) is -0.178. The van der Waals surface area contributed by atoms with E-state index >= 15 is 0 Å². The summed E-state index contributed by atoms with van der Waals surface area (Å²) in [6.45, 7) is 1.62. The number of piperidine rings is 1. The van der Waals surface area contributed by atoms with Crippen molar-refractivity contribution in [1.82, 2.24) is 9.62 Å². The van der Waals surface area contributed by atoms with Crippen LogP contribution in [0.5, 0.6) is 0 Å². The molecule has 0 radical (unpaired) electrons. The topological polar surface area (TPSA) is 116 Å². The summed E-state index contributed by atoms with van der Waals surface area (Å²) in [6, 6.07) is 3.88. The van der Waals surface area contributed by atoms with Crippen LogP contribution in [0.3, 0.4) is 0 Å². The molecule has 0 saturated carbocycles. The minimum atomic E-state index is -3.82. The standard InChI is InChI=1S/C15H24N4O5S/c1-17(2)9-7-16-25(23,24)13-5-6-14(15(10-13)19(21)22)18-8-3-4-12(20)11-18/h5-6,10,12,16,20H,3-4,7-9,11H2,1-2H3. The van der Waals surface area contributed by atoms with Crippen LogP contribution in [0.2, 0.25) is 0 Å². The molecule has 1 fully saturated rings. The molecule has 1 saturated heterocycles. The van der Waals surface area contributed by atoms with Gasteiger partial charge in [0, 0.05) is 32.2 Å². The number of nitro benzene ring substituents is 1. The summed E-state index contributed by atoms with van der Waals surface area (Å²) < 4.78 is 27.1. The lowest BCUT2D eigenvalue weighted by Gasteiger charge is -2.31. The average Bonchev–Trinajstić information content (AvgIpc) is 2.53. The van der Waals surface area contributed by atoms with Crippen molar-refractivity contribution in [2.45, 2.75) is 23.8 Å². The Labute approximate surface area is 147 Å². The summed E-state index contributed by atoms with van der Waals surface area (Å²) in [5.74, 6) is 0. The lowest BCUT2D eigenvalue weighted by molar-refractivity contribution is -0.384. The maximum absolute atomic E-state index is 12.3. The monoisotopic (exact) mass is 372 g/mol. The summed E-state index contributed by atoms with van der Waals surface area (Å²) >= 11 is 0. The van der Waals surface area contributed by atoms with Gasteiger partial charge in [-0.05, 0) is 39.1 Å². The number of rotatable bonds is 7. The van der Waals surface area contributed by atoms with Crippen molar-refractivity contribution in [1.29, 1.82) is 0 Å². The number of sulfonamides is 1. The number of β-amino-alcohol motifs (C(OH)–C–C–N with tert-alkyl or cyclic N) is 1. The number of aliphatic hydroxyl groups excluding tert-OH is 1. The van der Waals surface area contributed by atoms with E-state index in [2.05, 4.69) is 4.72 Å². The summed E-state index contributed by atoms with van der Waals surface area (Å²) in [5, 5.41) is 21.2. The molecule has 0 amide bonds. The molecule has 0 aliphatic carbocycles. The number of anilines is 1. The molecule has 1 heterocycles. The molecule has 10 heteroatoms. The van der Waals surface area contributed by atoms with E-state index in [0.717, 1.165) is 12.5 Å². The normalized spacial score (nSPS) is 18.6. The molecule has 1 aliphatic heterocycles. The van der Waals surface area contributed by atoms with Gasteiger partial charge < -0.3 is 14.9 Å². The van der Waals surface area contributed by atoms with Gasteiger partial charge in [0.05, 0.1) is 15.9 Å². The first-order chi connectivity index (χ1) is 11.7. The molecule has 2 N–H and O–H groups in total. The number of benzene rings is 1. The molecule has 1 aromatic carbocycles. The first-order valence-electron chi connectivity index (χ1n) is 8.06. The quantitative estimate of drug-likeness (QED) is 0.525. The zero-order valence-corrected chi connectivity index (χ0v) is 15.2. The van der Waals surface area contributed by atoms with E-state index in [1.807, 2.05) is 19.0 Å². The van der Waals surface area contributed by atoms with Crippen LogP contribution in [0.1, 0.15) is 12.8 Å². The van der Waals surface area contributed by atoms with Gasteiger partial charge in [-0.1, -0.05) is 0 Å². The molecule has 0 bridgehead atoms. The molecule has 140 valence electrons. The van der Waals surface area contributed by atoms with Crippen LogP contribution >= 0.6 is 0 Å². The minimum absolute atomic E-state index is 0.140. The smallest absolute Gasteiger partial charge is 0.293 e. The Morgan fingerprint density at radius 1 is 1.44 bits per heavy atom. The first-order valence-corrected chi connectivity index (χ1v) is 9.55. The molecule has 9 nitrogen and oxygen atoms in total. The summed E-state index contributed by atoms with van der Waals surface area (Å²) in [5.41, 5.74) is 0.0561. The van der Waals surface area contributed by atoms with Gasteiger partial charge in [-0.3, -0.25) is 10.1 Å². The van der Waals surface area contributed by atoms with Gasteiger partial charge in [0.15, 0.2) is 0 Å². The lowest BCUT2D eigenvalue weighted by Crippen LogP contribution is -2.38. The van der Waals surface area contributed by atoms with Gasteiger partial charge in [-0.15, -0.1) is 0 Å². The highest BCUT2D eigenvalue weighted by molar-refractivity contribution is 7.89. The van der Waals surface area contributed by atoms with Gasteiger partial charge in [0.2, 0.25) is 10.0 Å². The van der Waals surface area contributed by atoms with Crippen molar-refractivity contribution >= 4 is 21.4 Å². The highest BCUT2D eigenvalue weighted by Crippen LogP contribution is 2.32. The van der Waals surface area contributed by atoms with Crippen LogP contribution in [0.25, 0.3) is 0 Å². The minimum Gasteiger partial charge on any atom is -0.391 e. The number of nitrogens with one attached hydrogen (secondary N) is 1. The van der Waals surface area contributed by atoms with E-state index in [1.165, 1.54) is 12.1 Å².